The van der Waals surface area contributed by atoms with Crippen LogP contribution in [0.3, 0.4) is 0 Å². The molecule has 4 nitrogen and oxygen atoms in total. The molecule has 2 saturated heterocycles. The highest BCUT2D eigenvalue weighted by molar-refractivity contribution is 5.83. The summed E-state index contributed by atoms with van der Waals surface area (Å²) in [6.45, 7) is 5.82. The highest BCUT2D eigenvalue weighted by Gasteiger charge is 2.37. The Balaban J connectivity index is 1.82. The van der Waals surface area contributed by atoms with E-state index in [0.29, 0.717) is 5.92 Å². The zero-order valence-corrected chi connectivity index (χ0v) is 13.0. The van der Waals surface area contributed by atoms with Crippen LogP contribution in [0.15, 0.2) is 30.3 Å². The maximum Gasteiger partial charge on any atom is 0.240 e. The summed E-state index contributed by atoms with van der Waals surface area (Å²) in [5, 5.41) is 3.38. The van der Waals surface area contributed by atoms with Crippen molar-refractivity contribution in [3.05, 3.63) is 35.9 Å². The van der Waals surface area contributed by atoms with Gasteiger partial charge in [0.1, 0.15) is 0 Å². The number of likely N-dealkylation sites (N-methyl/N-ethyl adjacent to an activating group) is 1. The molecule has 1 N–H and O–H groups in total. The molecule has 1 aromatic rings. The van der Waals surface area contributed by atoms with Crippen LogP contribution in [0.25, 0.3) is 0 Å². The number of rotatable bonds is 2. The number of amides is 1. The monoisotopic (exact) mass is 287 g/mol. The summed E-state index contributed by atoms with van der Waals surface area (Å²) in [6, 6.07) is 10.6. The van der Waals surface area contributed by atoms with E-state index in [2.05, 4.69) is 53.4 Å². The van der Waals surface area contributed by atoms with Gasteiger partial charge in [-0.25, -0.2) is 0 Å². The molecule has 1 aromatic carbocycles. The molecule has 3 atom stereocenters. The van der Waals surface area contributed by atoms with E-state index in [1.54, 1.807) is 0 Å². The summed E-state index contributed by atoms with van der Waals surface area (Å²) < 4.78 is 0. The molecule has 0 bridgehead atoms. The molecule has 0 saturated carbocycles. The molecule has 114 valence electrons. The first-order valence-corrected chi connectivity index (χ1v) is 7.94. The van der Waals surface area contributed by atoms with Crippen molar-refractivity contribution in [1.29, 1.82) is 0 Å². The lowest BCUT2D eigenvalue weighted by Crippen LogP contribution is -2.54. The van der Waals surface area contributed by atoms with E-state index in [0.717, 1.165) is 32.6 Å². The van der Waals surface area contributed by atoms with E-state index < -0.39 is 0 Å². The van der Waals surface area contributed by atoms with Crippen molar-refractivity contribution in [2.24, 2.45) is 5.92 Å². The summed E-state index contributed by atoms with van der Waals surface area (Å²) in [6.07, 6.45) is 1.10. The summed E-state index contributed by atoms with van der Waals surface area (Å²) >= 11 is 0. The van der Waals surface area contributed by atoms with Gasteiger partial charge in [-0.1, -0.05) is 37.3 Å². The fraction of sp³-hybridized carbons (Fsp3) is 0.588. The molecule has 0 radical (unpaired) electrons. The van der Waals surface area contributed by atoms with Crippen LogP contribution in [0.5, 0.6) is 0 Å². The average molecular weight is 287 g/mol. The first-order valence-electron chi connectivity index (χ1n) is 7.94. The zero-order valence-electron chi connectivity index (χ0n) is 13.0. The van der Waals surface area contributed by atoms with Gasteiger partial charge in [-0.05, 0) is 31.5 Å². The van der Waals surface area contributed by atoms with Gasteiger partial charge in [-0.2, -0.15) is 0 Å². The summed E-state index contributed by atoms with van der Waals surface area (Å²) in [5.41, 5.74) is 1.24. The fourth-order valence-electron chi connectivity index (χ4n) is 3.49. The lowest BCUT2D eigenvalue weighted by atomic mass is 9.98. The first-order chi connectivity index (χ1) is 10.2. The van der Waals surface area contributed by atoms with Crippen molar-refractivity contribution in [2.45, 2.75) is 25.4 Å². The number of carbonyl (C=O) groups is 1. The van der Waals surface area contributed by atoms with E-state index in [1.165, 1.54) is 5.56 Å². The highest BCUT2D eigenvalue weighted by Crippen LogP contribution is 2.27. The Labute approximate surface area is 127 Å². The number of hydrogen-bond acceptors (Lipinski definition) is 3. The molecule has 4 heteroatoms. The Morgan fingerprint density at radius 1 is 1.24 bits per heavy atom. The largest absolute Gasteiger partial charge is 0.332 e. The molecule has 0 aliphatic carbocycles. The normalized spacial score (nSPS) is 30.6. The Kier molecular flexibility index (Phi) is 4.27. The zero-order chi connectivity index (χ0) is 14.8. The summed E-state index contributed by atoms with van der Waals surface area (Å²) in [7, 11) is 2.13. The van der Waals surface area contributed by atoms with Crippen LogP contribution in [0.2, 0.25) is 0 Å². The van der Waals surface area contributed by atoms with Crippen molar-refractivity contribution >= 4 is 5.91 Å². The second kappa shape index (κ2) is 6.16. The van der Waals surface area contributed by atoms with Gasteiger partial charge >= 0.3 is 0 Å². The van der Waals surface area contributed by atoms with Crippen molar-refractivity contribution in [2.75, 3.05) is 33.2 Å². The van der Waals surface area contributed by atoms with E-state index >= 15 is 0 Å². The van der Waals surface area contributed by atoms with Crippen LogP contribution in [0.1, 0.15) is 24.9 Å². The number of benzene rings is 1. The minimum Gasteiger partial charge on any atom is -0.332 e. The third kappa shape index (κ3) is 2.97. The van der Waals surface area contributed by atoms with Crippen LogP contribution in [0.4, 0.5) is 0 Å². The SMILES string of the molecule is CC1CCNC1C(=O)N1CCN(C)CC1c1ccccc1. The van der Waals surface area contributed by atoms with Crippen LogP contribution < -0.4 is 5.32 Å². The maximum absolute atomic E-state index is 12.9. The quantitative estimate of drug-likeness (QED) is 0.895. The van der Waals surface area contributed by atoms with Gasteiger partial charge in [0.05, 0.1) is 12.1 Å². The summed E-state index contributed by atoms with van der Waals surface area (Å²) in [4.78, 5) is 17.4. The van der Waals surface area contributed by atoms with Gasteiger partial charge < -0.3 is 15.1 Å². The smallest absolute Gasteiger partial charge is 0.240 e. The molecule has 1 amide bonds. The standard InChI is InChI=1S/C17H25N3O/c1-13-8-9-18-16(13)17(21)20-11-10-19(2)12-15(20)14-6-4-3-5-7-14/h3-7,13,15-16,18H,8-12H2,1-2H3. The Hall–Kier alpha value is -1.39. The Bertz CT molecular complexity index is 490. The molecular formula is C17H25N3O. The van der Waals surface area contributed by atoms with Gasteiger partial charge in [0.2, 0.25) is 5.91 Å². The lowest BCUT2D eigenvalue weighted by molar-refractivity contribution is -0.139. The minimum atomic E-state index is -0.000353. The fourth-order valence-corrected chi connectivity index (χ4v) is 3.49. The van der Waals surface area contributed by atoms with Crippen LogP contribution in [-0.4, -0.2) is 55.0 Å². The van der Waals surface area contributed by atoms with Gasteiger partial charge in [-0.3, -0.25) is 4.79 Å². The van der Waals surface area contributed by atoms with E-state index in [4.69, 9.17) is 0 Å². The van der Waals surface area contributed by atoms with Crippen LogP contribution >= 0.6 is 0 Å². The van der Waals surface area contributed by atoms with Gasteiger partial charge in [0.25, 0.3) is 0 Å². The molecule has 3 unspecified atom stereocenters. The van der Waals surface area contributed by atoms with Crippen molar-refractivity contribution < 1.29 is 4.79 Å². The molecule has 0 spiro atoms. The van der Waals surface area contributed by atoms with Crippen LogP contribution in [-0.2, 0) is 4.79 Å². The predicted octanol–water partition coefficient (Wildman–Crippen LogP) is 1.50. The van der Waals surface area contributed by atoms with E-state index in [-0.39, 0.29) is 18.0 Å². The van der Waals surface area contributed by atoms with Gasteiger partial charge in [0, 0.05) is 19.6 Å². The van der Waals surface area contributed by atoms with Crippen molar-refractivity contribution in [3.8, 4) is 0 Å². The number of hydrogen-bond donors (Lipinski definition) is 1. The molecule has 0 aromatic heterocycles. The first kappa shape index (κ1) is 14.5. The molecule has 2 aliphatic heterocycles. The molecule has 2 fully saturated rings. The number of piperazine rings is 1. The number of nitrogens with zero attached hydrogens (tertiary/aromatic N) is 2. The Morgan fingerprint density at radius 2 is 2.00 bits per heavy atom. The van der Waals surface area contributed by atoms with Gasteiger partial charge in [-0.15, -0.1) is 0 Å². The summed E-state index contributed by atoms with van der Waals surface area (Å²) in [5.74, 6) is 0.718. The lowest BCUT2D eigenvalue weighted by Gasteiger charge is -2.41. The minimum absolute atomic E-state index is 0.000353. The second-order valence-electron chi connectivity index (χ2n) is 6.42. The number of nitrogens with one attached hydrogen (secondary N) is 1. The van der Waals surface area contributed by atoms with E-state index in [9.17, 15) is 4.79 Å². The third-order valence-electron chi connectivity index (χ3n) is 4.85. The highest BCUT2D eigenvalue weighted by atomic mass is 16.2. The van der Waals surface area contributed by atoms with Gasteiger partial charge in [0.15, 0.2) is 0 Å². The molecule has 21 heavy (non-hydrogen) atoms. The van der Waals surface area contributed by atoms with Crippen LogP contribution in [0, 0.1) is 5.92 Å². The second-order valence-corrected chi connectivity index (χ2v) is 6.42. The van der Waals surface area contributed by atoms with Crippen molar-refractivity contribution in [3.63, 3.8) is 0 Å². The predicted molar refractivity (Wildman–Crippen MR) is 84.0 cm³/mol. The molecular weight excluding hydrogens is 262 g/mol. The molecule has 3 rings (SSSR count). The molecule has 2 aliphatic rings. The Morgan fingerprint density at radius 3 is 2.67 bits per heavy atom. The maximum atomic E-state index is 12.9. The van der Waals surface area contributed by atoms with E-state index in [1.807, 2.05) is 6.07 Å². The topological polar surface area (TPSA) is 35.6 Å². The number of carbonyl (C=O) groups excluding carboxylic acids is 1. The third-order valence-corrected chi connectivity index (χ3v) is 4.85. The molecule has 2 heterocycles. The van der Waals surface area contributed by atoms with Crippen molar-refractivity contribution in [1.82, 2.24) is 15.1 Å². The average Bonchev–Trinajstić information content (AvgIpc) is 2.93.